The number of rotatable bonds is 12. The molecule has 0 aromatic rings. The van der Waals surface area contributed by atoms with Crippen LogP contribution in [0.15, 0.2) is 23.3 Å². The van der Waals surface area contributed by atoms with Gasteiger partial charge in [-0.3, -0.25) is 19.4 Å². The molecular formula is C16H22Cl4N2O2. The molecule has 24 heavy (non-hydrogen) atoms. The molecule has 0 bridgehead atoms. The minimum absolute atomic E-state index is 0.143. The molecule has 0 aromatic carbocycles. The standard InChI is InChI=1S/C16H22Cl4N2O2/c17-1-5-21(6-2-18)11-13-9-16(24)14(10-15(13)23)12-22(7-3-19)8-4-20/h9-10H,1-8,11-12H2. The molecule has 0 amide bonds. The maximum absolute atomic E-state index is 12.3. The number of hydrogen-bond donors (Lipinski definition) is 0. The zero-order valence-corrected chi connectivity index (χ0v) is 16.5. The predicted octanol–water partition coefficient (Wildman–Crippen LogP) is 2.55. The highest BCUT2D eigenvalue weighted by Crippen LogP contribution is 2.15. The third-order valence-corrected chi connectivity index (χ3v) is 4.31. The van der Waals surface area contributed by atoms with Crippen LogP contribution in [0.4, 0.5) is 0 Å². The maximum Gasteiger partial charge on any atom is 0.183 e. The molecular weight excluding hydrogens is 394 g/mol. The van der Waals surface area contributed by atoms with E-state index in [-0.39, 0.29) is 11.6 Å². The van der Waals surface area contributed by atoms with Crippen molar-refractivity contribution in [3.05, 3.63) is 23.3 Å². The van der Waals surface area contributed by atoms with Crippen LogP contribution >= 0.6 is 46.4 Å². The molecule has 0 atom stereocenters. The molecule has 136 valence electrons. The zero-order valence-electron chi connectivity index (χ0n) is 13.4. The predicted molar refractivity (Wildman–Crippen MR) is 102 cm³/mol. The van der Waals surface area contributed by atoms with Gasteiger partial charge in [0, 0.05) is 73.9 Å². The Morgan fingerprint density at radius 1 is 0.625 bits per heavy atom. The first-order valence-electron chi connectivity index (χ1n) is 7.74. The number of halogens is 4. The minimum atomic E-state index is -0.143. The number of hydrogen-bond acceptors (Lipinski definition) is 4. The van der Waals surface area contributed by atoms with Crippen LogP contribution in [-0.2, 0) is 9.59 Å². The van der Waals surface area contributed by atoms with Gasteiger partial charge in [-0.05, 0) is 12.2 Å². The van der Waals surface area contributed by atoms with Crippen molar-refractivity contribution in [3.8, 4) is 0 Å². The van der Waals surface area contributed by atoms with Gasteiger partial charge < -0.3 is 0 Å². The Bertz CT molecular complexity index is 438. The SMILES string of the molecule is O=C1C=C(CN(CCCl)CCCl)C(=O)C=C1CN(CCCl)CCCl. The van der Waals surface area contributed by atoms with E-state index in [9.17, 15) is 9.59 Å². The van der Waals surface area contributed by atoms with Crippen LogP contribution in [0.2, 0.25) is 0 Å². The van der Waals surface area contributed by atoms with Crippen molar-refractivity contribution in [1.82, 2.24) is 9.80 Å². The van der Waals surface area contributed by atoms with E-state index in [1.807, 2.05) is 9.80 Å². The van der Waals surface area contributed by atoms with Gasteiger partial charge in [0.15, 0.2) is 11.6 Å². The topological polar surface area (TPSA) is 40.6 Å². The Morgan fingerprint density at radius 3 is 1.17 bits per heavy atom. The molecule has 0 unspecified atom stereocenters. The van der Waals surface area contributed by atoms with E-state index in [0.717, 1.165) is 0 Å². The molecule has 1 aliphatic carbocycles. The fourth-order valence-corrected chi connectivity index (χ4v) is 3.35. The fraction of sp³-hybridized carbons (Fsp3) is 0.625. The fourth-order valence-electron chi connectivity index (χ4n) is 2.39. The Hall–Kier alpha value is -0.100. The smallest absolute Gasteiger partial charge is 0.183 e. The van der Waals surface area contributed by atoms with Crippen molar-refractivity contribution >= 4 is 58.0 Å². The van der Waals surface area contributed by atoms with Gasteiger partial charge in [0.05, 0.1) is 0 Å². The quantitative estimate of drug-likeness (QED) is 0.362. The van der Waals surface area contributed by atoms with Crippen molar-refractivity contribution in [2.24, 2.45) is 0 Å². The van der Waals surface area contributed by atoms with Crippen molar-refractivity contribution < 1.29 is 9.59 Å². The van der Waals surface area contributed by atoms with Crippen molar-refractivity contribution in [2.45, 2.75) is 0 Å². The lowest BCUT2D eigenvalue weighted by Gasteiger charge is -2.24. The first-order valence-corrected chi connectivity index (χ1v) is 9.87. The second-order valence-corrected chi connectivity index (χ2v) is 6.89. The summed E-state index contributed by atoms with van der Waals surface area (Å²) >= 11 is 23.0. The molecule has 0 aliphatic heterocycles. The summed E-state index contributed by atoms with van der Waals surface area (Å²) in [6, 6.07) is 0. The van der Waals surface area contributed by atoms with Crippen LogP contribution in [0.25, 0.3) is 0 Å². The third kappa shape index (κ3) is 7.42. The van der Waals surface area contributed by atoms with E-state index in [0.29, 0.717) is 73.9 Å². The second kappa shape index (κ2) is 12.3. The Balaban J connectivity index is 2.74. The third-order valence-electron chi connectivity index (χ3n) is 3.63. The lowest BCUT2D eigenvalue weighted by atomic mass is 9.96. The molecule has 0 heterocycles. The molecule has 8 heteroatoms. The summed E-state index contributed by atoms with van der Waals surface area (Å²) in [7, 11) is 0. The number of ketones is 2. The summed E-state index contributed by atoms with van der Waals surface area (Å²) in [6.07, 6.45) is 2.85. The zero-order chi connectivity index (χ0) is 17.9. The summed E-state index contributed by atoms with van der Waals surface area (Å²) in [5, 5.41) is 0. The summed E-state index contributed by atoms with van der Waals surface area (Å²) < 4.78 is 0. The van der Waals surface area contributed by atoms with Gasteiger partial charge in [0.1, 0.15) is 0 Å². The molecule has 0 N–H and O–H groups in total. The van der Waals surface area contributed by atoms with Crippen LogP contribution in [0.5, 0.6) is 0 Å². The highest BCUT2D eigenvalue weighted by molar-refractivity contribution is 6.21. The van der Waals surface area contributed by atoms with E-state index in [1.165, 1.54) is 12.2 Å². The Labute approximate surface area is 163 Å². The molecule has 1 aliphatic rings. The lowest BCUT2D eigenvalue weighted by molar-refractivity contribution is -0.115. The van der Waals surface area contributed by atoms with E-state index in [1.54, 1.807) is 0 Å². The average Bonchev–Trinajstić information content (AvgIpc) is 2.53. The molecule has 1 rings (SSSR count). The van der Waals surface area contributed by atoms with Crippen molar-refractivity contribution in [2.75, 3.05) is 62.8 Å². The van der Waals surface area contributed by atoms with Gasteiger partial charge >= 0.3 is 0 Å². The summed E-state index contributed by atoms with van der Waals surface area (Å²) in [5.74, 6) is 1.49. The van der Waals surface area contributed by atoms with E-state index in [2.05, 4.69) is 0 Å². The van der Waals surface area contributed by atoms with Gasteiger partial charge in [-0.1, -0.05) is 0 Å². The van der Waals surface area contributed by atoms with Gasteiger partial charge in [-0.25, -0.2) is 0 Å². The highest BCUT2D eigenvalue weighted by Gasteiger charge is 2.23. The van der Waals surface area contributed by atoms with E-state index >= 15 is 0 Å². The molecule has 0 spiro atoms. The molecule has 0 aromatic heterocycles. The highest BCUT2D eigenvalue weighted by atomic mass is 35.5. The first-order chi connectivity index (χ1) is 11.5. The van der Waals surface area contributed by atoms with Gasteiger partial charge in [0.25, 0.3) is 0 Å². The first kappa shape index (κ1) is 21.9. The number of carbonyl (C=O) groups excluding carboxylic acids is 2. The molecule has 0 saturated carbocycles. The van der Waals surface area contributed by atoms with E-state index in [4.69, 9.17) is 46.4 Å². The number of nitrogens with zero attached hydrogens (tertiary/aromatic N) is 2. The van der Waals surface area contributed by atoms with Gasteiger partial charge in [-0.15, -0.1) is 46.4 Å². The molecule has 4 nitrogen and oxygen atoms in total. The van der Waals surface area contributed by atoms with Gasteiger partial charge in [0.2, 0.25) is 0 Å². The monoisotopic (exact) mass is 414 g/mol. The van der Waals surface area contributed by atoms with Crippen LogP contribution < -0.4 is 0 Å². The number of alkyl halides is 4. The largest absolute Gasteiger partial charge is 0.297 e. The van der Waals surface area contributed by atoms with Crippen LogP contribution in [0, 0.1) is 0 Å². The molecule has 0 fully saturated rings. The lowest BCUT2D eigenvalue weighted by Crippen LogP contribution is -2.35. The van der Waals surface area contributed by atoms with Crippen LogP contribution in [0.3, 0.4) is 0 Å². The summed E-state index contributed by atoms with van der Waals surface area (Å²) in [5.41, 5.74) is 0.945. The van der Waals surface area contributed by atoms with Crippen molar-refractivity contribution in [1.29, 1.82) is 0 Å². The average molecular weight is 416 g/mol. The number of allylic oxidation sites excluding steroid dienone is 2. The van der Waals surface area contributed by atoms with Crippen molar-refractivity contribution in [3.63, 3.8) is 0 Å². The van der Waals surface area contributed by atoms with Crippen LogP contribution in [0.1, 0.15) is 0 Å². The minimum Gasteiger partial charge on any atom is -0.297 e. The Kier molecular flexibility index (Phi) is 11.2. The second-order valence-electron chi connectivity index (χ2n) is 5.38. The normalized spacial score (nSPS) is 15.2. The molecule has 0 saturated heterocycles. The summed E-state index contributed by atoms with van der Waals surface area (Å²) in [4.78, 5) is 28.6. The van der Waals surface area contributed by atoms with Gasteiger partial charge in [-0.2, -0.15) is 0 Å². The number of carbonyl (C=O) groups is 2. The maximum atomic E-state index is 12.3. The van der Waals surface area contributed by atoms with E-state index < -0.39 is 0 Å². The molecule has 0 radical (unpaired) electrons. The Morgan fingerprint density at radius 2 is 0.917 bits per heavy atom. The summed E-state index contributed by atoms with van der Waals surface area (Å²) in [6.45, 7) is 3.21. The van der Waals surface area contributed by atoms with Crippen LogP contribution in [-0.4, -0.2) is 84.2 Å².